The lowest BCUT2D eigenvalue weighted by atomic mass is 10.0. The summed E-state index contributed by atoms with van der Waals surface area (Å²) in [6.07, 6.45) is 1.74. The average molecular weight is 423 g/mol. The Morgan fingerprint density at radius 3 is 2.28 bits per heavy atom. The fraction of sp³-hybridized carbons (Fsp3) is 0.143. The van der Waals surface area contributed by atoms with Crippen molar-refractivity contribution in [2.24, 2.45) is 0 Å². The number of rotatable bonds is 8. The van der Waals surface area contributed by atoms with Crippen molar-refractivity contribution in [3.63, 3.8) is 0 Å². The van der Waals surface area contributed by atoms with Crippen molar-refractivity contribution in [3.05, 3.63) is 114 Å². The number of hydrogen-bond donors (Lipinski definition) is 2. The third-order valence-electron chi connectivity index (χ3n) is 5.49. The number of hydrogen-bond acceptors (Lipinski definition) is 2. The van der Waals surface area contributed by atoms with E-state index in [4.69, 9.17) is 0 Å². The third-order valence-corrected chi connectivity index (χ3v) is 5.49. The Balaban J connectivity index is 1.35. The van der Waals surface area contributed by atoms with Crippen molar-refractivity contribution in [3.8, 4) is 0 Å². The first kappa shape index (κ1) is 21.3. The van der Waals surface area contributed by atoms with Crippen LogP contribution in [0.1, 0.15) is 27.9 Å². The van der Waals surface area contributed by atoms with Gasteiger partial charge in [0.05, 0.1) is 11.3 Å². The lowest BCUT2D eigenvalue weighted by molar-refractivity contribution is -0.116. The molecule has 0 heterocycles. The smallest absolute Gasteiger partial charge is 0.253 e. The normalized spacial score (nSPS) is 10.6. The molecular weight excluding hydrogens is 396 g/mol. The maximum absolute atomic E-state index is 12.7. The number of aryl methyl sites for hydroxylation is 1. The van der Waals surface area contributed by atoms with Gasteiger partial charge in [0.15, 0.2) is 0 Å². The van der Waals surface area contributed by atoms with Gasteiger partial charge in [-0.15, -0.1) is 0 Å². The molecule has 0 aliphatic carbocycles. The molecule has 32 heavy (non-hydrogen) atoms. The molecule has 2 N–H and O–H groups in total. The zero-order valence-electron chi connectivity index (χ0n) is 17.9. The van der Waals surface area contributed by atoms with Gasteiger partial charge >= 0.3 is 0 Å². The van der Waals surface area contributed by atoms with Gasteiger partial charge in [0.25, 0.3) is 5.91 Å². The maximum atomic E-state index is 12.7. The van der Waals surface area contributed by atoms with Crippen molar-refractivity contribution in [1.29, 1.82) is 0 Å². The maximum Gasteiger partial charge on any atom is 0.253 e. The van der Waals surface area contributed by atoms with Gasteiger partial charge in [0.2, 0.25) is 5.91 Å². The fourth-order valence-corrected chi connectivity index (χ4v) is 3.82. The molecule has 160 valence electrons. The molecule has 4 nitrogen and oxygen atoms in total. The van der Waals surface area contributed by atoms with Crippen LogP contribution in [0.15, 0.2) is 97.1 Å². The van der Waals surface area contributed by atoms with Crippen LogP contribution in [0.25, 0.3) is 10.8 Å². The van der Waals surface area contributed by atoms with Crippen LogP contribution in [0.3, 0.4) is 0 Å². The Morgan fingerprint density at radius 1 is 0.688 bits per heavy atom. The van der Waals surface area contributed by atoms with Crippen molar-refractivity contribution in [1.82, 2.24) is 5.32 Å². The number of carbonyl (C=O) groups excluding carboxylic acids is 2. The molecule has 0 aliphatic rings. The molecule has 4 aromatic rings. The Kier molecular flexibility index (Phi) is 6.93. The van der Waals surface area contributed by atoms with E-state index in [1.54, 1.807) is 18.2 Å². The first-order valence-corrected chi connectivity index (χ1v) is 10.9. The third kappa shape index (κ3) is 5.41. The Morgan fingerprint density at radius 2 is 1.41 bits per heavy atom. The molecule has 0 unspecified atom stereocenters. The predicted octanol–water partition coefficient (Wildman–Crippen LogP) is 5.38. The Labute approximate surface area is 188 Å². The lowest BCUT2D eigenvalue weighted by Gasteiger charge is -2.12. The van der Waals surface area contributed by atoms with Crippen molar-refractivity contribution < 1.29 is 9.59 Å². The fourth-order valence-electron chi connectivity index (χ4n) is 3.82. The number of benzene rings is 4. The molecule has 0 atom stereocenters. The highest BCUT2D eigenvalue weighted by molar-refractivity contribution is 6.03. The van der Waals surface area contributed by atoms with Crippen LogP contribution in [0.2, 0.25) is 0 Å². The average Bonchev–Trinajstić information content (AvgIpc) is 2.83. The lowest BCUT2D eigenvalue weighted by Crippen LogP contribution is -2.27. The number of fused-ring (bicyclic) bond motifs is 1. The van der Waals surface area contributed by atoms with Gasteiger partial charge in [-0.3, -0.25) is 9.59 Å². The minimum absolute atomic E-state index is 0.109. The molecule has 2 amide bonds. The largest absolute Gasteiger partial charge is 0.352 e. The van der Waals surface area contributed by atoms with E-state index in [0.717, 1.165) is 12.0 Å². The standard InChI is InChI=1S/C28H26N2O2/c31-27(18-17-23-13-8-12-22-11-4-5-14-24(22)23)30-26-16-7-6-15-25(26)28(32)29-20-19-21-9-2-1-3-10-21/h1-16H,17-20H2,(H,29,32)(H,30,31). The summed E-state index contributed by atoms with van der Waals surface area (Å²) < 4.78 is 0. The summed E-state index contributed by atoms with van der Waals surface area (Å²) in [4.78, 5) is 25.4. The second-order valence-corrected chi connectivity index (χ2v) is 7.72. The summed E-state index contributed by atoms with van der Waals surface area (Å²) in [6, 6.07) is 31.5. The molecule has 0 spiro atoms. The van der Waals surface area contributed by atoms with Crippen LogP contribution >= 0.6 is 0 Å². The van der Waals surface area contributed by atoms with Crippen LogP contribution in [0.5, 0.6) is 0 Å². The monoisotopic (exact) mass is 422 g/mol. The molecule has 0 saturated heterocycles. The minimum atomic E-state index is -0.189. The van der Waals surface area contributed by atoms with E-state index in [0.29, 0.717) is 30.6 Å². The quantitative estimate of drug-likeness (QED) is 0.400. The second-order valence-electron chi connectivity index (χ2n) is 7.72. The van der Waals surface area contributed by atoms with Gasteiger partial charge in [-0.25, -0.2) is 0 Å². The first-order chi connectivity index (χ1) is 15.7. The SMILES string of the molecule is O=C(CCc1cccc2ccccc12)Nc1ccccc1C(=O)NCCc1ccccc1. The Bertz CT molecular complexity index is 1210. The van der Waals surface area contributed by atoms with E-state index in [9.17, 15) is 9.59 Å². The number of carbonyl (C=O) groups is 2. The van der Waals surface area contributed by atoms with Gasteiger partial charge in [0.1, 0.15) is 0 Å². The summed E-state index contributed by atoms with van der Waals surface area (Å²) in [5.74, 6) is -0.298. The van der Waals surface area contributed by atoms with Crippen molar-refractivity contribution >= 4 is 28.3 Å². The summed E-state index contributed by atoms with van der Waals surface area (Å²) in [7, 11) is 0. The van der Waals surface area contributed by atoms with Crippen molar-refractivity contribution in [2.75, 3.05) is 11.9 Å². The summed E-state index contributed by atoms with van der Waals surface area (Å²) in [5, 5.41) is 8.20. The molecule has 0 aromatic heterocycles. The molecule has 4 rings (SSSR count). The number of nitrogens with one attached hydrogen (secondary N) is 2. The van der Waals surface area contributed by atoms with Crippen LogP contribution in [0, 0.1) is 0 Å². The van der Waals surface area contributed by atoms with Crippen LogP contribution in [-0.4, -0.2) is 18.4 Å². The number of anilines is 1. The number of para-hydroxylation sites is 1. The predicted molar refractivity (Wildman–Crippen MR) is 130 cm³/mol. The van der Waals surface area contributed by atoms with Gasteiger partial charge in [-0.1, -0.05) is 84.9 Å². The summed E-state index contributed by atoms with van der Waals surface area (Å²) >= 11 is 0. The topological polar surface area (TPSA) is 58.2 Å². The summed E-state index contributed by atoms with van der Waals surface area (Å²) in [6.45, 7) is 0.534. The molecule has 0 saturated carbocycles. The van der Waals surface area contributed by atoms with Gasteiger partial charge in [0, 0.05) is 13.0 Å². The number of amides is 2. The molecule has 4 aromatic carbocycles. The van der Waals surface area contributed by atoms with Crippen molar-refractivity contribution in [2.45, 2.75) is 19.3 Å². The zero-order valence-corrected chi connectivity index (χ0v) is 17.9. The van der Waals surface area contributed by atoms with Crippen LogP contribution in [-0.2, 0) is 17.6 Å². The first-order valence-electron chi connectivity index (χ1n) is 10.9. The van der Waals surface area contributed by atoms with Crippen LogP contribution < -0.4 is 10.6 Å². The molecule has 0 aliphatic heterocycles. The molecule has 0 fully saturated rings. The molecule has 0 radical (unpaired) electrons. The van der Waals surface area contributed by atoms with E-state index < -0.39 is 0 Å². The van der Waals surface area contributed by atoms with E-state index >= 15 is 0 Å². The van der Waals surface area contributed by atoms with Gasteiger partial charge in [-0.05, 0) is 46.9 Å². The highest BCUT2D eigenvalue weighted by atomic mass is 16.2. The Hall–Kier alpha value is -3.92. The molecular formula is C28H26N2O2. The summed E-state index contributed by atoms with van der Waals surface area (Å²) in [5.41, 5.74) is 3.32. The highest BCUT2D eigenvalue weighted by Crippen LogP contribution is 2.20. The van der Waals surface area contributed by atoms with E-state index in [2.05, 4.69) is 34.9 Å². The van der Waals surface area contributed by atoms with E-state index in [-0.39, 0.29) is 11.8 Å². The molecule has 4 heteroatoms. The van der Waals surface area contributed by atoms with Gasteiger partial charge in [-0.2, -0.15) is 0 Å². The van der Waals surface area contributed by atoms with E-state index in [1.165, 1.54) is 16.3 Å². The van der Waals surface area contributed by atoms with E-state index in [1.807, 2.05) is 54.6 Å². The van der Waals surface area contributed by atoms with Gasteiger partial charge < -0.3 is 10.6 Å². The second kappa shape index (κ2) is 10.4. The zero-order chi connectivity index (χ0) is 22.2. The minimum Gasteiger partial charge on any atom is -0.352 e. The highest BCUT2D eigenvalue weighted by Gasteiger charge is 2.13. The molecule has 0 bridgehead atoms. The van der Waals surface area contributed by atoms with Crippen LogP contribution in [0.4, 0.5) is 5.69 Å².